The van der Waals surface area contributed by atoms with Gasteiger partial charge >= 0.3 is 160 Å². The quantitative estimate of drug-likeness (QED) is 0.323. The van der Waals surface area contributed by atoms with Gasteiger partial charge in [-0.3, -0.25) is 0 Å². The van der Waals surface area contributed by atoms with Crippen molar-refractivity contribution in [2.75, 3.05) is 0 Å². The van der Waals surface area contributed by atoms with Crippen LogP contribution in [0.15, 0.2) is 88.3 Å². The Bertz CT molecular complexity index is 820. The SMILES string of the molecule is O=[N+]([O-])c1ccc(C=C([Se]c2ccccc2)[Se]c2ccccc2)cc1. The zero-order valence-corrected chi connectivity index (χ0v) is 16.7. The fraction of sp³-hybridized carbons (Fsp3) is 0. The Morgan fingerprint density at radius 2 is 1.24 bits per heavy atom. The molecule has 25 heavy (non-hydrogen) atoms. The minimum absolute atomic E-state index is 0.126. The standard InChI is InChI=1S/C20H15NO2Se2/c22-21(23)17-13-11-16(12-14-17)15-20(24-18-7-3-1-4-8-18)25-19-9-5-2-6-10-19/h1-15H. The molecule has 0 aromatic heterocycles. The van der Waals surface area contributed by atoms with Crippen molar-refractivity contribution in [2.24, 2.45) is 0 Å². The summed E-state index contributed by atoms with van der Waals surface area (Å²) < 4.78 is 4.06. The number of rotatable bonds is 6. The summed E-state index contributed by atoms with van der Waals surface area (Å²) in [5, 5.41) is 10.8. The molecule has 0 saturated heterocycles. The number of hydrogen-bond donors (Lipinski definition) is 0. The molecule has 5 heteroatoms. The molecule has 0 saturated carbocycles. The van der Waals surface area contributed by atoms with Gasteiger partial charge in [0.15, 0.2) is 0 Å². The summed E-state index contributed by atoms with van der Waals surface area (Å²) >= 11 is 0.470. The van der Waals surface area contributed by atoms with Gasteiger partial charge in [0.25, 0.3) is 0 Å². The van der Waals surface area contributed by atoms with Gasteiger partial charge in [-0.25, -0.2) is 0 Å². The molecule has 0 radical (unpaired) electrons. The Morgan fingerprint density at radius 1 is 0.760 bits per heavy atom. The topological polar surface area (TPSA) is 43.1 Å². The van der Waals surface area contributed by atoms with Gasteiger partial charge in [-0.15, -0.1) is 0 Å². The molecule has 0 aliphatic carbocycles. The molecule has 0 aliphatic rings. The van der Waals surface area contributed by atoms with Crippen LogP contribution in [-0.4, -0.2) is 34.8 Å². The molecule has 0 heterocycles. The Morgan fingerprint density at radius 3 is 1.68 bits per heavy atom. The average molecular weight is 459 g/mol. The van der Waals surface area contributed by atoms with Crippen molar-refractivity contribution >= 4 is 50.6 Å². The molecule has 0 atom stereocenters. The first-order chi connectivity index (χ1) is 12.2. The van der Waals surface area contributed by atoms with Crippen LogP contribution in [0.2, 0.25) is 0 Å². The van der Waals surface area contributed by atoms with Crippen LogP contribution in [0, 0.1) is 10.1 Å². The molecule has 3 rings (SSSR count). The van der Waals surface area contributed by atoms with Crippen molar-refractivity contribution in [1.82, 2.24) is 0 Å². The van der Waals surface area contributed by atoms with Crippen molar-refractivity contribution in [3.8, 4) is 0 Å². The Hall–Kier alpha value is -2.16. The van der Waals surface area contributed by atoms with E-state index < -0.39 is 0 Å². The Kier molecular flexibility index (Phi) is 6.21. The van der Waals surface area contributed by atoms with Gasteiger partial charge in [0.2, 0.25) is 0 Å². The van der Waals surface area contributed by atoms with Crippen molar-refractivity contribution in [3.63, 3.8) is 0 Å². The fourth-order valence-electron chi connectivity index (χ4n) is 2.12. The predicted octanol–water partition coefficient (Wildman–Crippen LogP) is 2.95. The van der Waals surface area contributed by atoms with Crippen molar-refractivity contribution in [2.45, 2.75) is 0 Å². The molecule has 0 N–H and O–H groups in total. The van der Waals surface area contributed by atoms with Crippen LogP contribution in [0.25, 0.3) is 6.08 Å². The van der Waals surface area contributed by atoms with Crippen LogP contribution < -0.4 is 8.92 Å². The summed E-state index contributed by atoms with van der Waals surface area (Å²) in [6.07, 6.45) is 2.18. The van der Waals surface area contributed by atoms with Crippen LogP contribution in [-0.2, 0) is 0 Å². The molecule has 124 valence electrons. The number of nitro benzene ring substituents is 1. The van der Waals surface area contributed by atoms with Gasteiger partial charge in [-0.1, -0.05) is 0 Å². The van der Waals surface area contributed by atoms with Crippen LogP contribution in [0.3, 0.4) is 0 Å². The molecular weight excluding hydrogens is 444 g/mol. The van der Waals surface area contributed by atoms with E-state index in [1.54, 1.807) is 12.1 Å². The monoisotopic (exact) mass is 461 g/mol. The van der Waals surface area contributed by atoms with Gasteiger partial charge in [-0.05, 0) is 0 Å². The first-order valence-corrected chi connectivity index (χ1v) is 11.1. The van der Waals surface area contributed by atoms with Gasteiger partial charge < -0.3 is 0 Å². The number of non-ortho nitro benzene ring substituents is 1. The van der Waals surface area contributed by atoms with Gasteiger partial charge in [0.1, 0.15) is 0 Å². The van der Waals surface area contributed by atoms with E-state index in [2.05, 4.69) is 54.6 Å². The van der Waals surface area contributed by atoms with E-state index in [-0.39, 0.29) is 40.5 Å². The van der Waals surface area contributed by atoms with Crippen LogP contribution >= 0.6 is 0 Å². The molecule has 0 spiro atoms. The van der Waals surface area contributed by atoms with E-state index in [0.29, 0.717) is 0 Å². The molecule has 0 amide bonds. The van der Waals surface area contributed by atoms with E-state index in [4.69, 9.17) is 0 Å². The molecule has 3 aromatic carbocycles. The second-order valence-corrected chi connectivity index (χ2v) is 11.1. The summed E-state index contributed by atoms with van der Waals surface area (Å²) in [6, 6.07) is 27.7. The number of hydrogen-bond acceptors (Lipinski definition) is 2. The first kappa shape index (κ1) is 17.7. The van der Waals surface area contributed by atoms with E-state index in [1.807, 2.05) is 24.3 Å². The van der Waals surface area contributed by atoms with Gasteiger partial charge in [0.05, 0.1) is 0 Å². The van der Waals surface area contributed by atoms with E-state index >= 15 is 0 Å². The molecule has 3 nitrogen and oxygen atoms in total. The molecule has 0 bridgehead atoms. The maximum absolute atomic E-state index is 10.8. The summed E-state index contributed by atoms with van der Waals surface area (Å²) in [5.41, 5.74) is 1.14. The van der Waals surface area contributed by atoms with Gasteiger partial charge in [-0.2, -0.15) is 0 Å². The first-order valence-electron chi connectivity index (χ1n) is 7.63. The van der Waals surface area contributed by atoms with E-state index in [9.17, 15) is 10.1 Å². The number of benzene rings is 3. The maximum atomic E-state index is 10.8. The Balaban J connectivity index is 1.87. The molecule has 3 aromatic rings. The van der Waals surface area contributed by atoms with Crippen molar-refractivity contribution < 1.29 is 4.92 Å². The average Bonchev–Trinajstić information content (AvgIpc) is 2.64. The predicted molar refractivity (Wildman–Crippen MR) is 105 cm³/mol. The number of nitrogens with zero attached hydrogens (tertiary/aromatic N) is 1. The van der Waals surface area contributed by atoms with Crippen LogP contribution in [0.4, 0.5) is 5.69 Å². The zero-order chi connectivity index (χ0) is 17.5. The second-order valence-electron chi connectivity index (χ2n) is 5.14. The third kappa shape index (κ3) is 5.42. The van der Waals surface area contributed by atoms with Crippen molar-refractivity contribution in [1.29, 1.82) is 0 Å². The minimum atomic E-state index is -0.365. The molecular formula is C20H15NO2Se2. The third-order valence-electron chi connectivity index (χ3n) is 3.31. The summed E-state index contributed by atoms with van der Waals surface area (Å²) in [5.74, 6) is 0. The fourth-order valence-corrected chi connectivity index (χ4v) is 7.78. The molecule has 0 fully saturated rings. The summed E-state index contributed by atoms with van der Waals surface area (Å²) in [6.45, 7) is 0. The summed E-state index contributed by atoms with van der Waals surface area (Å²) in [4.78, 5) is 10.4. The second kappa shape index (κ2) is 8.79. The Labute approximate surface area is 159 Å². The normalized spacial score (nSPS) is 10.2. The van der Waals surface area contributed by atoms with Crippen LogP contribution in [0.1, 0.15) is 5.56 Å². The van der Waals surface area contributed by atoms with Crippen LogP contribution in [0.5, 0.6) is 0 Å². The van der Waals surface area contributed by atoms with Crippen molar-refractivity contribution in [3.05, 3.63) is 104 Å². The van der Waals surface area contributed by atoms with E-state index in [1.165, 1.54) is 12.3 Å². The van der Waals surface area contributed by atoms with E-state index in [0.717, 1.165) is 5.56 Å². The number of nitro groups is 1. The van der Waals surface area contributed by atoms with Gasteiger partial charge in [0, 0.05) is 0 Å². The third-order valence-corrected chi connectivity index (χ3v) is 8.60. The molecule has 0 unspecified atom stereocenters. The summed E-state index contributed by atoms with van der Waals surface area (Å²) in [7, 11) is 0. The zero-order valence-electron chi connectivity index (χ0n) is 13.2. The molecule has 0 aliphatic heterocycles.